The summed E-state index contributed by atoms with van der Waals surface area (Å²) >= 11 is 0. The normalized spacial score (nSPS) is 9.90. The second-order valence-corrected chi connectivity index (χ2v) is 4.42. The van der Waals surface area contributed by atoms with Crippen molar-refractivity contribution in [1.29, 1.82) is 0 Å². The van der Waals surface area contributed by atoms with Crippen LogP contribution in [0.4, 0.5) is 10.5 Å². The van der Waals surface area contributed by atoms with E-state index in [2.05, 4.69) is 13.5 Å². The van der Waals surface area contributed by atoms with Crippen LogP contribution in [0.25, 0.3) is 0 Å². The zero-order valence-electron chi connectivity index (χ0n) is 11.9. The summed E-state index contributed by atoms with van der Waals surface area (Å²) < 4.78 is 0. The van der Waals surface area contributed by atoms with E-state index in [1.807, 2.05) is 24.3 Å². The van der Waals surface area contributed by atoms with E-state index in [-0.39, 0.29) is 19.1 Å². The van der Waals surface area contributed by atoms with Crippen LogP contribution >= 0.6 is 0 Å². The number of carboxylic acids is 1. The molecule has 0 aliphatic heterocycles. The molecule has 5 nitrogen and oxygen atoms in total. The Morgan fingerprint density at radius 3 is 2.35 bits per heavy atom. The van der Waals surface area contributed by atoms with Crippen LogP contribution in [-0.4, -0.2) is 42.1 Å². The van der Waals surface area contributed by atoms with Gasteiger partial charge in [0.05, 0.1) is 0 Å². The zero-order valence-corrected chi connectivity index (χ0v) is 11.9. The lowest BCUT2D eigenvalue weighted by Crippen LogP contribution is -2.43. The summed E-state index contributed by atoms with van der Waals surface area (Å²) in [6, 6.07) is 7.24. The molecule has 0 saturated carbocycles. The monoisotopic (exact) mass is 276 g/mol. The first-order valence-electron chi connectivity index (χ1n) is 6.43. The van der Waals surface area contributed by atoms with Crippen LogP contribution in [0, 0.1) is 0 Å². The number of carboxylic acid groups (broad SMARTS) is 1. The molecule has 0 aliphatic carbocycles. The van der Waals surface area contributed by atoms with Crippen LogP contribution in [0.3, 0.4) is 0 Å². The third-order valence-corrected chi connectivity index (χ3v) is 2.96. The Morgan fingerprint density at radius 2 is 1.90 bits per heavy atom. The third-order valence-electron chi connectivity index (χ3n) is 2.96. The van der Waals surface area contributed by atoms with Gasteiger partial charge in [-0.2, -0.15) is 0 Å². The molecule has 0 aromatic heterocycles. The number of amides is 2. The molecule has 1 N–H and O–H groups in total. The minimum Gasteiger partial charge on any atom is -0.480 e. The van der Waals surface area contributed by atoms with E-state index in [0.29, 0.717) is 0 Å². The maximum atomic E-state index is 12.3. The summed E-state index contributed by atoms with van der Waals surface area (Å²) in [4.78, 5) is 25.7. The van der Waals surface area contributed by atoms with E-state index in [9.17, 15) is 9.59 Å². The number of benzene rings is 1. The van der Waals surface area contributed by atoms with Crippen molar-refractivity contribution < 1.29 is 14.7 Å². The Morgan fingerprint density at radius 1 is 1.30 bits per heavy atom. The molecule has 0 bridgehead atoms. The Kier molecular flexibility index (Phi) is 5.77. The van der Waals surface area contributed by atoms with E-state index in [1.165, 1.54) is 21.4 Å². The molecule has 0 unspecified atom stereocenters. The predicted octanol–water partition coefficient (Wildman–Crippen LogP) is 2.38. The van der Waals surface area contributed by atoms with Crippen LogP contribution < -0.4 is 4.90 Å². The Labute approximate surface area is 119 Å². The summed E-state index contributed by atoms with van der Waals surface area (Å²) in [5, 5.41) is 8.83. The first-order chi connectivity index (χ1) is 9.49. The minimum atomic E-state index is -1.05. The van der Waals surface area contributed by atoms with E-state index >= 15 is 0 Å². The summed E-state index contributed by atoms with van der Waals surface area (Å²) in [6.45, 7) is 5.45. The van der Waals surface area contributed by atoms with Crippen molar-refractivity contribution in [2.45, 2.75) is 13.3 Å². The van der Waals surface area contributed by atoms with Gasteiger partial charge in [0.2, 0.25) is 0 Å². The van der Waals surface area contributed by atoms with Gasteiger partial charge in [0.25, 0.3) is 0 Å². The van der Waals surface area contributed by atoms with E-state index in [0.717, 1.165) is 12.1 Å². The van der Waals surface area contributed by atoms with E-state index in [4.69, 9.17) is 5.11 Å². The van der Waals surface area contributed by atoms with Gasteiger partial charge in [0.1, 0.15) is 6.54 Å². The fourth-order valence-electron chi connectivity index (χ4n) is 1.81. The number of rotatable bonds is 6. The third kappa shape index (κ3) is 4.12. The average molecular weight is 276 g/mol. The van der Waals surface area contributed by atoms with Crippen LogP contribution in [0.5, 0.6) is 0 Å². The Hall–Kier alpha value is -2.30. The molecule has 1 aromatic carbocycles. The maximum absolute atomic E-state index is 12.3. The first-order valence-corrected chi connectivity index (χ1v) is 6.43. The van der Waals surface area contributed by atoms with Crippen LogP contribution in [-0.2, 0) is 11.2 Å². The topological polar surface area (TPSA) is 60.9 Å². The predicted molar refractivity (Wildman–Crippen MR) is 79.0 cm³/mol. The molecule has 20 heavy (non-hydrogen) atoms. The molecular weight excluding hydrogens is 256 g/mol. The molecule has 1 rings (SSSR count). The standard InChI is InChI=1S/C15H20N2O3/c1-4-10-17(11-14(18)19)15(20)16(3)13-8-6-12(5-2)7-9-13/h4,6-9H,1,5,10-11H2,2-3H3,(H,18,19). The highest BCUT2D eigenvalue weighted by Gasteiger charge is 2.20. The molecule has 1 aromatic rings. The van der Waals surface area contributed by atoms with Crippen molar-refractivity contribution >= 4 is 17.7 Å². The van der Waals surface area contributed by atoms with Gasteiger partial charge in [0.15, 0.2) is 0 Å². The van der Waals surface area contributed by atoms with Crippen LogP contribution in [0.2, 0.25) is 0 Å². The quantitative estimate of drug-likeness (QED) is 0.811. The highest BCUT2D eigenvalue weighted by Crippen LogP contribution is 2.15. The summed E-state index contributed by atoms with van der Waals surface area (Å²) in [5.74, 6) is -1.05. The number of anilines is 1. The molecule has 0 fully saturated rings. The van der Waals surface area contributed by atoms with Crippen molar-refractivity contribution in [2.75, 3.05) is 25.0 Å². The molecule has 108 valence electrons. The summed E-state index contributed by atoms with van der Waals surface area (Å²) in [7, 11) is 1.63. The van der Waals surface area contributed by atoms with Gasteiger partial charge >= 0.3 is 12.0 Å². The molecule has 0 heterocycles. The molecular formula is C15H20N2O3. The van der Waals surface area contributed by atoms with Crippen LogP contribution in [0.15, 0.2) is 36.9 Å². The number of aliphatic carboxylic acids is 1. The molecule has 0 atom stereocenters. The van der Waals surface area contributed by atoms with Gasteiger partial charge in [-0.25, -0.2) is 4.79 Å². The van der Waals surface area contributed by atoms with Crippen molar-refractivity contribution in [3.8, 4) is 0 Å². The van der Waals surface area contributed by atoms with Crippen molar-refractivity contribution in [3.63, 3.8) is 0 Å². The van der Waals surface area contributed by atoms with Gasteiger partial charge in [-0.1, -0.05) is 25.1 Å². The highest BCUT2D eigenvalue weighted by molar-refractivity contribution is 5.93. The molecule has 0 saturated heterocycles. The van der Waals surface area contributed by atoms with Crippen molar-refractivity contribution in [3.05, 3.63) is 42.5 Å². The zero-order chi connectivity index (χ0) is 15.1. The number of aryl methyl sites for hydroxylation is 1. The number of urea groups is 1. The number of carbonyl (C=O) groups is 2. The molecule has 0 aliphatic rings. The van der Waals surface area contributed by atoms with E-state index in [1.54, 1.807) is 7.05 Å². The number of hydrogen-bond acceptors (Lipinski definition) is 2. The lowest BCUT2D eigenvalue weighted by atomic mass is 10.1. The fourth-order valence-corrected chi connectivity index (χ4v) is 1.81. The van der Waals surface area contributed by atoms with Crippen LogP contribution in [0.1, 0.15) is 12.5 Å². The van der Waals surface area contributed by atoms with Crippen molar-refractivity contribution in [1.82, 2.24) is 4.90 Å². The molecule has 2 amide bonds. The van der Waals surface area contributed by atoms with Crippen molar-refractivity contribution in [2.24, 2.45) is 0 Å². The minimum absolute atomic E-state index is 0.197. The van der Waals surface area contributed by atoms with Gasteiger partial charge in [0, 0.05) is 19.3 Å². The summed E-state index contributed by atoms with van der Waals surface area (Å²) in [5.41, 5.74) is 1.91. The van der Waals surface area contributed by atoms with Gasteiger partial charge in [-0.05, 0) is 24.1 Å². The van der Waals surface area contributed by atoms with E-state index < -0.39 is 5.97 Å². The summed E-state index contributed by atoms with van der Waals surface area (Å²) in [6.07, 6.45) is 2.44. The van der Waals surface area contributed by atoms with Gasteiger partial charge in [-0.3, -0.25) is 9.69 Å². The SMILES string of the molecule is C=CCN(CC(=O)O)C(=O)N(C)c1ccc(CC)cc1. The largest absolute Gasteiger partial charge is 0.480 e. The first kappa shape index (κ1) is 15.8. The van der Waals surface area contributed by atoms with Gasteiger partial charge in [-0.15, -0.1) is 6.58 Å². The fraction of sp³-hybridized carbons (Fsp3) is 0.333. The maximum Gasteiger partial charge on any atom is 0.325 e. The average Bonchev–Trinajstić information content (AvgIpc) is 2.45. The number of hydrogen-bond donors (Lipinski definition) is 1. The molecule has 0 radical (unpaired) electrons. The second-order valence-electron chi connectivity index (χ2n) is 4.42. The highest BCUT2D eigenvalue weighted by atomic mass is 16.4. The second kappa shape index (κ2) is 7.33. The smallest absolute Gasteiger partial charge is 0.325 e. The number of nitrogens with zero attached hydrogens (tertiary/aromatic N) is 2. The Bertz CT molecular complexity index is 482. The molecule has 0 spiro atoms. The van der Waals surface area contributed by atoms with Gasteiger partial charge < -0.3 is 10.0 Å². The molecule has 5 heteroatoms. The Balaban J connectivity index is 2.85. The lowest BCUT2D eigenvalue weighted by molar-refractivity contribution is -0.137. The lowest BCUT2D eigenvalue weighted by Gasteiger charge is -2.26. The number of carbonyl (C=O) groups excluding carboxylic acids is 1.